The summed E-state index contributed by atoms with van der Waals surface area (Å²) in [7, 11) is 0. The van der Waals surface area contributed by atoms with Gasteiger partial charge in [-0.1, -0.05) is 6.07 Å². The average molecular weight is 205 g/mol. The van der Waals surface area contributed by atoms with Crippen molar-refractivity contribution in [2.45, 2.75) is 38.9 Å². The third-order valence-corrected chi connectivity index (χ3v) is 3.44. The number of hydrogen-bond donors (Lipinski definition) is 1. The van der Waals surface area contributed by atoms with Crippen molar-refractivity contribution in [2.75, 3.05) is 6.54 Å². The van der Waals surface area contributed by atoms with E-state index in [1.807, 2.05) is 12.3 Å². The fourth-order valence-corrected chi connectivity index (χ4v) is 2.16. The minimum Gasteiger partial charge on any atom is -0.326 e. The van der Waals surface area contributed by atoms with E-state index in [0.717, 1.165) is 25.2 Å². The van der Waals surface area contributed by atoms with Crippen molar-refractivity contribution in [3.63, 3.8) is 0 Å². The van der Waals surface area contributed by atoms with Crippen molar-refractivity contribution < 1.29 is 0 Å². The Morgan fingerprint density at radius 2 is 2.40 bits per heavy atom. The van der Waals surface area contributed by atoms with E-state index >= 15 is 0 Å². The number of likely N-dealkylation sites (tertiary alicyclic amines) is 1. The second-order valence-electron chi connectivity index (χ2n) is 4.41. The first kappa shape index (κ1) is 10.6. The molecule has 0 radical (unpaired) electrons. The molecule has 1 aliphatic rings. The summed E-state index contributed by atoms with van der Waals surface area (Å²) >= 11 is 0. The molecule has 0 aromatic carbocycles. The minimum absolute atomic E-state index is 0.335. The van der Waals surface area contributed by atoms with Crippen LogP contribution in [0.15, 0.2) is 18.3 Å². The summed E-state index contributed by atoms with van der Waals surface area (Å²) in [5.41, 5.74) is 8.45. The number of nitrogens with two attached hydrogens (primary N) is 1. The molecule has 0 saturated carbocycles. The second-order valence-corrected chi connectivity index (χ2v) is 4.41. The Labute approximate surface area is 91.3 Å². The number of hydrogen-bond acceptors (Lipinski definition) is 3. The van der Waals surface area contributed by atoms with Gasteiger partial charge < -0.3 is 5.73 Å². The first-order valence-electron chi connectivity index (χ1n) is 5.58. The molecule has 0 amide bonds. The van der Waals surface area contributed by atoms with E-state index in [1.54, 1.807) is 0 Å². The first-order valence-corrected chi connectivity index (χ1v) is 5.58. The van der Waals surface area contributed by atoms with Crippen LogP contribution in [0.2, 0.25) is 0 Å². The van der Waals surface area contributed by atoms with Crippen LogP contribution in [0.4, 0.5) is 0 Å². The fraction of sp³-hybridized carbons (Fsp3) is 0.583. The molecule has 82 valence electrons. The van der Waals surface area contributed by atoms with Gasteiger partial charge in [0.2, 0.25) is 0 Å². The third kappa shape index (κ3) is 2.19. The zero-order valence-corrected chi connectivity index (χ0v) is 9.48. The van der Waals surface area contributed by atoms with Crippen molar-refractivity contribution >= 4 is 0 Å². The van der Waals surface area contributed by atoms with E-state index in [9.17, 15) is 0 Å². The van der Waals surface area contributed by atoms with Crippen LogP contribution in [0, 0.1) is 6.92 Å². The molecule has 2 unspecified atom stereocenters. The summed E-state index contributed by atoms with van der Waals surface area (Å²) < 4.78 is 0. The maximum absolute atomic E-state index is 6.00. The fourth-order valence-electron chi connectivity index (χ4n) is 2.16. The molecule has 1 saturated heterocycles. The van der Waals surface area contributed by atoms with Gasteiger partial charge in [0.05, 0.1) is 0 Å². The lowest BCUT2D eigenvalue weighted by Gasteiger charge is -2.23. The molecule has 1 fully saturated rings. The van der Waals surface area contributed by atoms with Gasteiger partial charge in [-0.25, -0.2) is 0 Å². The highest BCUT2D eigenvalue weighted by Crippen LogP contribution is 2.19. The van der Waals surface area contributed by atoms with E-state index in [-0.39, 0.29) is 0 Å². The van der Waals surface area contributed by atoms with Gasteiger partial charge in [0.25, 0.3) is 0 Å². The number of pyridine rings is 1. The molecule has 15 heavy (non-hydrogen) atoms. The Hall–Kier alpha value is -0.930. The zero-order chi connectivity index (χ0) is 10.8. The average Bonchev–Trinajstić information content (AvgIpc) is 2.53. The topological polar surface area (TPSA) is 42.2 Å². The molecule has 1 aromatic rings. The third-order valence-electron chi connectivity index (χ3n) is 3.44. The molecule has 2 rings (SSSR count). The molecule has 0 bridgehead atoms. The van der Waals surface area contributed by atoms with Crippen LogP contribution < -0.4 is 5.73 Å². The maximum atomic E-state index is 6.00. The Balaban J connectivity index is 2.07. The van der Waals surface area contributed by atoms with E-state index in [4.69, 9.17) is 5.73 Å². The van der Waals surface area contributed by atoms with Crippen LogP contribution in [0.5, 0.6) is 0 Å². The van der Waals surface area contributed by atoms with Gasteiger partial charge in [0.1, 0.15) is 0 Å². The number of nitrogens with zero attached hydrogens (tertiary/aromatic N) is 2. The summed E-state index contributed by atoms with van der Waals surface area (Å²) in [5.74, 6) is 0. The zero-order valence-electron chi connectivity index (χ0n) is 9.48. The molecule has 0 aliphatic carbocycles. The molecule has 1 aliphatic heterocycles. The molecule has 0 spiro atoms. The van der Waals surface area contributed by atoms with Crippen LogP contribution in [-0.4, -0.2) is 28.5 Å². The lowest BCUT2D eigenvalue weighted by molar-refractivity contribution is 0.251. The monoisotopic (exact) mass is 205 g/mol. The van der Waals surface area contributed by atoms with Crippen LogP contribution >= 0.6 is 0 Å². The quantitative estimate of drug-likeness (QED) is 0.791. The Morgan fingerprint density at radius 1 is 1.60 bits per heavy atom. The Morgan fingerprint density at radius 3 is 3.00 bits per heavy atom. The Bertz CT molecular complexity index is 337. The van der Waals surface area contributed by atoms with E-state index in [1.165, 1.54) is 5.56 Å². The molecule has 1 aromatic heterocycles. The molecule has 2 heterocycles. The van der Waals surface area contributed by atoms with E-state index in [2.05, 4.69) is 29.8 Å². The predicted molar refractivity (Wildman–Crippen MR) is 61.4 cm³/mol. The highest BCUT2D eigenvalue weighted by atomic mass is 15.2. The molecular formula is C12H19N3. The first-order chi connectivity index (χ1) is 7.18. The lowest BCUT2D eigenvalue weighted by Crippen LogP contribution is -2.36. The molecular weight excluding hydrogens is 186 g/mol. The van der Waals surface area contributed by atoms with Crippen LogP contribution in [-0.2, 0) is 6.54 Å². The molecule has 3 heteroatoms. The predicted octanol–water partition coefficient (Wildman–Crippen LogP) is 1.31. The number of aromatic nitrogens is 1. The van der Waals surface area contributed by atoms with Crippen LogP contribution in [0.3, 0.4) is 0 Å². The van der Waals surface area contributed by atoms with Crippen molar-refractivity contribution in [3.8, 4) is 0 Å². The van der Waals surface area contributed by atoms with Crippen molar-refractivity contribution in [3.05, 3.63) is 29.6 Å². The molecule has 2 N–H and O–H groups in total. The Kier molecular flexibility index (Phi) is 3.03. The highest BCUT2D eigenvalue weighted by molar-refractivity contribution is 5.18. The molecule has 2 atom stereocenters. The van der Waals surface area contributed by atoms with Gasteiger partial charge >= 0.3 is 0 Å². The van der Waals surface area contributed by atoms with Gasteiger partial charge in [-0.3, -0.25) is 9.88 Å². The summed E-state index contributed by atoms with van der Waals surface area (Å²) in [6.45, 7) is 6.37. The van der Waals surface area contributed by atoms with Gasteiger partial charge in [-0.15, -0.1) is 0 Å². The normalized spacial score (nSPS) is 27.1. The molecule has 3 nitrogen and oxygen atoms in total. The number of rotatable bonds is 2. The summed E-state index contributed by atoms with van der Waals surface area (Å²) in [4.78, 5) is 6.75. The number of aryl methyl sites for hydroxylation is 1. The van der Waals surface area contributed by atoms with E-state index < -0.39 is 0 Å². The maximum Gasteiger partial charge on any atom is 0.0417 e. The lowest BCUT2D eigenvalue weighted by atomic mass is 10.1. The van der Waals surface area contributed by atoms with Crippen molar-refractivity contribution in [1.29, 1.82) is 0 Å². The summed E-state index contributed by atoms with van der Waals surface area (Å²) in [6, 6.07) is 4.98. The smallest absolute Gasteiger partial charge is 0.0417 e. The van der Waals surface area contributed by atoms with Crippen LogP contribution in [0.25, 0.3) is 0 Å². The van der Waals surface area contributed by atoms with Gasteiger partial charge in [-0.2, -0.15) is 0 Å². The SMILES string of the molecule is Cc1ncccc1CN1CCC(N)C1C. The minimum atomic E-state index is 0.335. The van der Waals surface area contributed by atoms with Crippen LogP contribution in [0.1, 0.15) is 24.6 Å². The van der Waals surface area contributed by atoms with Crippen molar-refractivity contribution in [1.82, 2.24) is 9.88 Å². The van der Waals surface area contributed by atoms with Gasteiger partial charge in [0, 0.05) is 37.1 Å². The second kappa shape index (κ2) is 4.29. The van der Waals surface area contributed by atoms with Gasteiger partial charge in [-0.05, 0) is 31.9 Å². The van der Waals surface area contributed by atoms with E-state index in [0.29, 0.717) is 12.1 Å². The summed E-state index contributed by atoms with van der Waals surface area (Å²) in [6.07, 6.45) is 2.96. The standard InChI is InChI=1S/C12H19N3/c1-9-11(4-3-6-14-9)8-15-7-5-12(13)10(15)2/h3-4,6,10,12H,5,7-8,13H2,1-2H3. The summed E-state index contributed by atoms with van der Waals surface area (Å²) in [5, 5.41) is 0. The van der Waals surface area contributed by atoms with Crippen molar-refractivity contribution in [2.24, 2.45) is 5.73 Å². The van der Waals surface area contributed by atoms with Gasteiger partial charge in [0.15, 0.2) is 0 Å². The highest BCUT2D eigenvalue weighted by Gasteiger charge is 2.27. The largest absolute Gasteiger partial charge is 0.326 e.